The molecule has 2 aromatic heterocycles. The van der Waals surface area contributed by atoms with E-state index in [0.717, 1.165) is 22.7 Å². The van der Waals surface area contributed by atoms with E-state index in [1.807, 2.05) is 11.3 Å². The van der Waals surface area contributed by atoms with Gasteiger partial charge in [-0.1, -0.05) is 146 Å². The molecule has 3 heteroatoms. The van der Waals surface area contributed by atoms with E-state index in [4.69, 9.17) is 0 Å². The third kappa shape index (κ3) is 5.24. The van der Waals surface area contributed by atoms with Crippen molar-refractivity contribution in [2.45, 2.75) is 0 Å². The fourth-order valence-corrected chi connectivity index (χ4v) is 9.63. The van der Waals surface area contributed by atoms with Gasteiger partial charge in [0.25, 0.3) is 0 Å². The maximum absolute atomic E-state index is 2.42. The zero-order chi connectivity index (χ0) is 36.3. The molecule has 0 saturated carbocycles. The summed E-state index contributed by atoms with van der Waals surface area (Å²) in [7, 11) is 0. The van der Waals surface area contributed by atoms with Crippen LogP contribution in [0.2, 0.25) is 0 Å². The molecule has 0 amide bonds. The lowest BCUT2D eigenvalue weighted by Crippen LogP contribution is -2.09. The van der Waals surface area contributed by atoms with Crippen molar-refractivity contribution in [2.24, 2.45) is 0 Å². The molecule has 0 atom stereocenters. The fourth-order valence-electron chi connectivity index (χ4n) is 8.39. The Morgan fingerprint density at radius 3 is 1.71 bits per heavy atom. The molecule has 2 nitrogen and oxygen atoms in total. The van der Waals surface area contributed by atoms with Crippen LogP contribution in [0, 0.1) is 0 Å². The van der Waals surface area contributed by atoms with Gasteiger partial charge in [0, 0.05) is 59.1 Å². The lowest BCUT2D eigenvalue weighted by atomic mass is 10.0. The van der Waals surface area contributed by atoms with Crippen molar-refractivity contribution in [3.05, 3.63) is 206 Å². The SMILES string of the molecule is c1ccc(N(c2ccc(-c3ccc(-n4c5ccccc5c5ccc6ccccc6c54)cc3)cc2)c2ccc(-c3cccc4c3sc3ccccc34)cc2)cc1. The predicted octanol–water partition coefficient (Wildman–Crippen LogP) is 15.1. The third-order valence-corrected chi connectivity index (χ3v) is 12.2. The summed E-state index contributed by atoms with van der Waals surface area (Å²) in [6.07, 6.45) is 0. The summed E-state index contributed by atoms with van der Waals surface area (Å²) in [6.45, 7) is 0. The number of fused-ring (bicyclic) bond motifs is 8. The Morgan fingerprint density at radius 1 is 0.364 bits per heavy atom. The Bertz CT molecular complexity index is 3170. The molecule has 0 unspecified atom stereocenters. The van der Waals surface area contributed by atoms with E-state index in [9.17, 15) is 0 Å². The fraction of sp³-hybridized carbons (Fsp3) is 0. The van der Waals surface area contributed by atoms with E-state index in [1.165, 1.54) is 75.0 Å². The average Bonchev–Trinajstić information content (AvgIpc) is 3.81. The number of rotatable bonds is 6. The van der Waals surface area contributed by atoms with Gasteiger partial charge in [0.2, 0.25) is 0 Å². The van der Waals surface area contributed by atoms with Crippen LogP contribution >= 0.6 is 11.3 Å². The van der Waals surface area contributed by atoms with Gasteiger partial charge in [-0.2, -0.15) is 0 Å². The molecular weight excluding hydrogens is 685 g/mol. The second-order valence-corrected chi connectivity index (χ2v) is 15.2. The zero-order valence-electron chi connectivity index (χ0n) is 29.9. The quantitative estimate of drug-likeness (QED) is 0.166. The number of anilines is 3. The summed E-state index contributed by atoms with van der Waals surface area (Å²) < 4.78 is 5.09. The van der Waals surface area contributed by atoms with E-state index in [2.05, 4.69) is 216 Å². The van der Waals surface area contributed by atoms with Gasteiger partial charge in [0.05, 0.1) is 11.0 Å². The summed E-state index contributed by atoms with van der Waals surface area (Å²) in [5.74, 6) is 0. The van der Waals surface area contributed by atoms with E-state index < -0.39 is 0 Å². The smallest absolute Gasteiger partial charge is 0.0619 e. The summed E-state index contributed by atoms with van der Waals surface area (Å²) in [5.41, 5.74) is 11.9. The van der Waals surface area contributed by atoms with Crippen LogP contribution in [0.3, 0.4) is 0 Å². The molecule has 0 saturated heterocycles. The molecule has 0 fully saturated rings. The number of hydrogen-bond acceptors (Lipinski definition) is 2. The van der Waals surface area contributed by atoms with Crippen LogP contribution in [-0.4, -0.2) is 4.57 Å². The van der Waals surface area contributed by atoms with Gasteiger partial charge in [0.15, 0.2) is 0 Å². The molecule has 0 bridgehead atoms. The van der Waals surface area contributed by atoms with Gasteiger partial charge >= 0.3 is 0 Å². The van der Waals surface area contributed by atoms with E-state index in [0.29, 0.717) is 0 Å². The molecule has 258 valence electrons. The van der Waals surface area contributed by atoms with Crippen molar-refractivity contribution < 1.29 is 0 Å². The van der Waals surface area contributed by atoms with Crippen LogP contribution in [-0.2, 0) is 0 Å². The molecule has 0 radical (unpaired) electrons. The number of benzene rings is 9. The number of aromatic nitrogens is 1. The van der Waals surface area contributed by atoms with Gasteiger partial charge in [0.1, 0.15) is 0 Å². The second kappa shape index (κ2) is 12.9. The lowest BCUT2D eigenvalue weighted by Gasteiger charge is -2.26. The van der Waals surface area contributed by atoms with Gasteiger partial charge < -0.3 is 9.47 Å². The molecule has 0 aliphatic heterocycles. The van der Waals surface area contributed by atoms with Crippen LogP contribution in [0.25, 0.3) is 80.7 Å². The minimum absolute atomic E-state index is 1.11. The number of thiophene rings is 1. The normalized spacial score (nSPS) is 11.6. The Morgan fingerprint density at radius 2 is 0.945 bits per heavy atom. The van der Waals surface area contributed by atoms with Crippen molar-refractivity contribution in [1.82, 2.24) is 4.57 Å². The molecule has 11 rings (SSSR count). The Labute approximate surface area is 323 Å². The van der Waals surface area contributed by atoms with Crippen LogP contribution in [0.15, 0.2) is 206 Å². The highest BCUT2D eigenvalue weighted by Crippen LogP contribution is 2.42. The average molecular weight is 719 g/mol. The van der Waals surface area contributed by atoms with E-state index in [1.54, 1.807) is 0 Å². The molecule has 0 N–H and O–H groups in total. The van der Waals surface area contributed by atoms with Crippen LogP contribution in [0.1, 0.15) is 0 Å². The number of nitrogens with zero attached hydrogens (tertiary/aromatic N) is 2. The van der Waals surface area contributed by atoms with Crippen molar-refractivity contribution in [1.29, 1.82) is 0 Å². The minimum Gasteiger partial charge on any atom is -0.311 e. The first-order valence-corrected chi connectivity index (χ1v) is 19.6. The molecule has 9 aromatic carbocycles. The molecule has 55 heavy (non-hydrogen) atoms. The molecule has 0 aliphatic carbocycles. The van der Waals surface area contributed by atoms with Crippen LogP contribution in [0.4, 0.5) is 17.1 Å². The Hall–Kier alpha value is -6.94. The maximum Gasteiger partial charge on any atom is 0.0619 e. The van der Waals surface area contributed by atoms with Gasteiger partial charge in [-0.25, -0.2) is 0 Å². The van der Waals surface area contributed by atoms with Crippen molar-refractivity contribution >= 4 is 81.1 Å². The summed E-state index contributed by atoms with van der Waals surface area (Å²) in [4.78, 5) is 2.34. The van der Waals surface area contributed by atoms with Gasteiger partial charge in [-0.3, -0.25) is 0 Å². The zero-order valence-corrected chi connectivity index (χ0v) is 30.7. The monoisotopic (exact) mass is 718 g/mol. The van der Waals surface area contributed by atoms with Crippen molar-refractivity contribution in [3.8, 4) is 27.9 Å². The van der Waals surface area contributed by atoms with Gasteiger partial charge in [-0.15, -0.1) is 11.3 Å². The number of para-hydroxylation sites is 2. The lowest BCUT2D eigenvalue weighted by molar-refractivity contribution is 1.19. The standard InChI is InChI=1S/C52H34N2S/c1-2-12-39(13-3-1)53(41-32-25-38(26-33-41)44-17-10-18-48-46-16-7-9-20-50(46)55-52(44)48)40-28-21-35(22-29-40)36-23-30-42(31-24-36)54-49-19-8-6-15-45(49)47-34-27-37-11-4-5-14-43(37)51(47)54/h1-34H. The van der Waals surface area contributed by atoms with E-state index >= 15 is 0 Å². The van der Waals surface area contributed by atoms with Crippen molar-refractivity contribution in [3.63, 3.8) is 0 Å². The van der Waals surface area contributed by atoms with Crippen LogP contribution < -0.4 is 4.90 Å². The largest absolute Gasteiger partial charge is 0.311 e. The Kier molecular flexibility index (Phi) is 7.39. The topological polar surface area (TPSA) is 8.17 Å². The highest BCUT2D eigenvalue weighted by Gasteiger charge is 2.17. The predicted molar refractivity (Wildman–Crippen MR) is 237 cm³/mol. The van der Waals surface area contributed by atoms with Crippen molar-refractivity contribution in [2.75, 3.05) is 4.90 Å². The molecule has 0 spiro atoms. The second-order valence-electron chi connectivity index (χ2n) is 14.1. The summed E-state index contributed by atoms with van der Waals surface area (Å²) >= 11 is 1.88. The first-order chi connectivity index (χ1) is 27.3. The minimum atomic E-state index is 1.11. The highest BCUT2D eigenvalue weighted by atomic mass is 32.1. The Balaban J connectivity index is 0.938. The number of hydrogen-bond donors (Lipinski definition) is 0. The molecule has 11 aromatic rings. The molecule has 2 heterocycles. The van der Waals surface area contributed by atoms with E-state index in [-0.39, 0.29) is 0 Å². The molecular formula is C52H34N2S. The highest BCUT2D eigenvalue weighted by molar-refractivity contribution is 7.26. The van der Waals surface area contributed by atoms with Gasteiger partial charge in [-0.05, 0) is 88.3 Å². The summed E-state index contributed by atoms with van der Waals surface area (Å²) in [6, 6.07) is 75.0. The first-order valence-electron chi connectivity index (χ1n) is 18.8. The first kappa shape index (κ1) is 31.6. The summed E-state index contributed by atoms with van der Waals surface area (Å²) in [5, 5.41) is 7.72. The van der Waals surface area contributed by atoms with Crippen LogP contribution in [0.5, 0.6) is 0 Å². The maximum atomic E-state index is 2.42. The third-order valence-electron chi connectivity index (χ3n) is 11.0. The molecule has 0 aliphatic rings.